The summed E-state index contributed by atoms with van der Waals surface area (Å²) in [6.45, 7) is 7.97. The summed E-state index contributed by atoms with van der Waals surface area (Å²) in [4.78, 5) is 0. The maximum absolute atomic E-state index is 5.81. The molecule has 2 saturated heterocycles. The van der Waals surface area contributed by atoms with Crippen molar-refractivity contribution in [2.24, 2.45) is 0 Å². The van der Waals surface area contributed by atoms with E-state index in [0.29, 0.717) is 12.2 Å². The smallest absolute Gasteiger partial charge is 0.0953 e. The number of morpholine rings is 2. The number of ether oxygens (including phenoxy) is 2. The molecular weight excluding hydrogens is 324 g/mol. The van der Waals surface area contributed by atoms with Crippen LogP contribution in [-0.4, -0.2) is 38.4 Å². The SMILES string of the molecule is C[C@@H]1CNCC(c2ccccc2)O1.C[C@@H]1CNC[C@@H](c2ccccc2)O1. The van der Waals surface area contributed by atoms with Crippen LogP contribution in [0.25, 0.3) is 0 Å². The normalized spacial score (nSPS) is 28.7. The average molecular weight is 354 g/mol. The van der Waals surface area contributed by atoms with Gasteiger partial charge in [0.05, 0.1) is 24.4 Å². The van der Waals surface area contributed by atoms with Crippen molar-refractivity contribution in [2.75, 3.05) is 26.2 Å². The van der Waals surface area contributed by atoms with Crippen LogP contribution in [-0.2, 0) is 9.47 Å². The lowest BCUT2D eigenvalue weighted by Gasteiger charge is -2.28. The fraction of sp³-hybridized carbons (Fsp3) is 0.455. The van der Waals surface area contributed by atoms with E-state index in [-0.39, 0.29) is 12.2 Å². The molecule has 0 aliphatic carbocycles. The number of hydrogen-bond acceptors (Lipinski definition) is 4. The van der Waals surface area contributed by atoms with Gasteiger partial charge >= 0.3 is 0 Å². The van der Waals surface area contributed by atoms with E-state index in [4.69, 9.17) is 9.47 Å². The van der Waals surface area contributed by atoms with Gasteiger partial charge in [0.2, 0.25) is 0 Å². The second-order valence-corrected chi connectivity index (χ2v) is 7.01. The first-order valence-electron chi connectivity index (χ1n) is 9.54. The highest BCUT2D eigenvalue weighted by molar-refractivity contribution is 5.19. The van der Waals surface area contributed by atoms with Crippen LogP contribution in [0.4, 0.5) is 0 Å². The van der Waals surface area contributed by atoms with Crippen molar-refractivity contribution >= 4 is 0 Å². The van der Waals surface area contributed by atoms with E-state index >= 15 is 0 Å². The first kappa shape index (κ1) is 19.1. The van der Waals surface area contributed by atoms with E-state index in [1.165, 1.54) is 11.1 Å². The number of nitrogens with one attached hydrogen (secondary N) is 2. The highest BCUT2D eigenvalue weighted by atomic mass is 16.5. The Hall–Kier alpha value is -1.72. The lowest BCUT2D eigenvalue weighted by Crippen LogP contribution is -2.38. The molecule has 2 N–H and O–H groups in total. The van der Waals surface area contributed by atoms with Gasteiger partial charge in [0.25, 0.3) is 0 Å². The van der Waals surface area contributed by atoms with Crippen LogP contribution >= 0.6 is 0 Å². The van der Waals surface area contributed by atoms with Crippen molar-refractivity contribution in [3.63, 3.8) is 0 Å². The molecular formula is C22H30N2O2. The molecule has 0 aromatic heterocycles. The average Bonchev–Trinajstić information content (AvgIpc) is 2.70. The monoisotopic (exact) mass is 354 g/mol. The highest BCUT2D eigenvalue weighted by Crippen LogP contribution is 2.21. The van der Waals surface area contributed by atoms with Gasteiger partial charge < -0.3 is 20.1 Å². The van der Waals surface area contributed by atoms with Crippen LogP contribution in [0.5, 0.6) is 0 Å². The molecule has 2 heterocycles. The Labute approximate surface area is 156 Å². The van der Waals surface area contributed by atoms with E-state index in [1.54, 1.807) is 0 Å². The molecule has 0 spiro atoms. The van der Waals surface area contributed by atoms with Crippen molar-refractivity contribution in [3.8, 4) is 0 Å². The maximum Gasteiger partial charge on any atom is 0.0953 e. The predicted octanol–water partition coefficient (Wildman–Crippen LogP) is 3.47. The summed E-state index contributed by atoms with van der Waals surface area (Å²) in [6, 6.07) is 20.7. The third kappa shape index (κ3) is 5.64. The Morgan fingerprint density at radius 2 is 1.00 bits per heavy atom. The minimum Gasteiger partial charge on any atom is -0.368 e. The van der Waals surface area contributed by atoms with Crippen molar-refractivity contribution in [1.29, 1.82) is 0 Å². The lowest BCUT2D eigenvalue weighted by atomic mass is 10.1. The fourth-order valence-electron chi connectivity index (χ4n) is 3.32. The second kappa shape index (κ2) is 9.83. The van der Waals surface area contributed by atoms with E-state index < -0.39 is 0 Å². The van der Waals surface area contributed by atoms with Gasteiger partial charge in [-0.1, -0.05) is 60.7 Å². The van der Waals surface area contributed by atoms with Crippen LogP contribution in [0.2, 0.25) is 0 Å². The molecule has 2 aliphatic rings. The Morgan fingerprint density at radius 3 is 1.35 bits per heavy atom. The second-order valence-electron chi connectivity index (χ2n) is 7.01. The maximum atomic E-state index is 5.81. The molecule has 2 aliphatic heterocycles. The number of hydrogen-bond donors (Lipinski definition) is 2. The van der Waals surface area contributed by atoms with Gasteiger partial charge in [-0.05, 0) is 25.0 Å². The predicted molar refractivity (Wildman–Crippen MR) is 105 cm³/mol. The van der Waals surface area contributed by atoms with Gasteiger partial charge in [0.15, 0.2) is 0 Å². The first-order valence-corrected chi connectivity index (χ1v) is 9.54. The summed E-state index contributed by atoms with van der Waals surface area (Å²) >= 11 is 0. The Balaban J connectivity index is 0.000000151. The molecule has 4 nitrogen and oxygen atoms in total. The summed E-state index contributed by atoms with van der Waals surface area (Å²) < 4.78 is 11.6. The molecule has 2 aromatic rings. The van der Waals surface area contributed by atoms with E-state index in [9.17, 15) is 0 Å². The van der Waals surface area contributed by atoms with Crippen LogP contribution in [0.15, 0.2) is 60.7 Å². The largest absolute Gasteiger partial charge is 0.368 e. The molecule has 140 valence electrons. The van der Waals surface area contributed by atoms with Gasteiger partial charge in [-0.3, -0.25) is 0 Å². The Bertz CT molecular complexity index is 578. The van der Waals surface area contributed by atoms with Crippen LogP contribution in [0, 0.1) is 0 Å². The van der Waals surface area contributed by atoms with Crippen LogP contribution < -0.4 is 10.6 Å². The van der Waals surface area contributed by atoms with E-state index in [0.717, 1.165) is 26.2 Å². The molecule has 0 radical (unpaired) electrons. The molecule has 2 fully saturated rings. The van der Waals surface area contributed by atoms with Gasteiger partial charge in [0, 0.05) is 26.2 Å². The van der Waals surface area contributed by atoms with E-state index in [1.807, 2.05) is 12.1 Å². The van der Waals surface area contributed by atoms with Crippen LogP contribution in [0.3, 0.4) is 0 Å². The van der Waals surface area contributed by atoms with Gasteiger partial charge in [0.1, 0.15) is 0 Å². The third-order valence-corrected chi connectivity index (χ3v) is 4.66. The number of rotatable bonds is 2. The quantitative estimate of drug-likeness (QED) is 0.867. The molecule has 0 saturated carbocycles. The topological polar surface area (TPSA) is 42.5 Å². The molecule has 4 heteroatoms. The van der Waals surface area contributed by atoms with Crippen LogP contribution in [0.1, 0.15) is 37.2 Å². The van der Waals surface area contributed by atoms with Crippen molar-refractivity contribution < 1.29 is 9.47 Å². The zero-order chi connectivity index (χ0) is 18.2. The Kier molecular flexibility index (Phi) is 7.21. The fourth-order valence-corrected chi connectivity index (χ4v) is 3.32. The van der Waals surface area contributed by atoms with Gasteiger partial charge in [-0.25, -0.2) is 0 Å². The lowest BCUT2D eigenvalue weighted by molar-refractivity contribution is -0.0288. The highest BCUT2D eigenvalue weighted by Gasteiger charge is 2.20. The van der Waals surface area contributed by atoms with Crippen molar-refractivity contribution in [1.82, 2.24) is 10.6 Å². The minimum atomic E-state index is 0.227. The molecule has 1 unspecified atom stereocenters. The molecule has 4 atom stereocenters. The van der Waals surface area contributed by atoms with E-state index in [2.05, 4.69) is 73.0 Å². The third-order valence-electron chi connectivity index (χ3n) is 4.66. The first-order chi connectivity index (χ1) is 12.7. The summed E-state index contributed by atoms with van der Waals surface area (Å²) in [5.41, 5.74) is 2.53. The summed E-state index contributed by atoms with van der Waals surface area (Å²) in [7, 11) is 0. The standard InChI is InChI=1S/2C11H15NO/c2*1-9-7-12-8-11(13-9)10-5-3-2-4-6-10/h2*2-6,9,11-12H,7-8H2,1H3/t9-,11?;9-,11+/m11/s1. The zero-order valence-electron chi connectivity index (χ0n) is 15.7. The van der Waals surface area contributed by atoms with Crippen molar-refractivity contribution in [2.45, 2.75) is 38.3 Å². The molecule has 0 bridgehead atoms. The summed E-state index contributed by atoms with van der Waals surface area (Å²) in [6.07, 6.45) is 1.09. The zero-order valence-corrected chi connectivity index (χ0v) is 15.7. The minimum absolute atomic E-state index is 0.227. The molecule has 0 amide bonds. The van der Waals surface area contributed by atoms with Gasteiger partial charge in [-0.15, -0.1) is 0 Å². The van der Waals surface area contributed by atoms with Gasteiger partial charge in [-0.2, -0.15) is 0 Å². The molecule has 4 rings (SSSR count). The Morgan fingerprint density at radius 1 is 0.615 bits per heavy atom. The van der Waals surface area contributed by atoms with Crippen molar-refractivity contribution in [3.05, 3.63) is 71.8 Å². The molecule has 2 aromatic carbocycles. The molecule has 26 heavy (non-hydrogen) atoms. The summed E-state index contributed by atoms with van der Waals surface area (Å²) in [5.74, 6) is 0. The number of benzene rings is 2. The summed E-state index contributed by atoms with van der Waals surface area (Å²) in [5, 5.41) is 6.72.